The molecule has 0 heterocycles. The van der Waals surface area contributed by atoms with E-state index in [1.807, 2.05) is 0 Å². The largest absolute Gasteiger partial charge is 0.497 e. The molecule has 0 aliphatic rings. The van der Waals surface area contributed by atoms with Crippen LogP contribution in [0.5, 0.6) is 5.75 Å². The number of hydrogen-bond donors (Lipinski definition) is 0. The fourth-order valence-electron chi connectivity index (χ4n) is 1.46. The fraction of sp³-hybridized carbons (Fsp3) is 0.308. The van der Waals surface area contributed by atoms with Crippen LogP contribution in [-0.2, 0) is 9.53 Å². The quantitative estimate of drug-likeness (QED) is 0.448. The lowest BCUT2D eigenvalue weighted by molar-refractivity contribution is -0.385. The zero-order valence-electron chi connectivity index (χ0n) is 10.8. The molecule has 0 radical (unpaired) electrons. The molecule has 1 rings (SSSR count). The van der Waals surface area contributed by atoms with E-state index in [1.165, 1.54) is 31.4 Å². The van der Waals surface area contributed by atoms with Crippen LogP contribution in [0, 0.1) is 10.1 Å². The average molecular weight is 265 g/mol. The summed E-state index contributed by atoms with van der Waals surface area (Å²) < 4.78 is 9.76. The van der Waals surface area contributed by atoms with E-state index in [4.69, 9.17) is 9.47 Å². The molecule has 0 unspecified atom stereocenters. The number of hydrogen-bond acceptors (Lipinski definition) is 5. The molecule has 1 aromatic rings. The number of nitro benzene ring substituents is 1. The molecule has 0 atom stereocenters. The Bertz CT molecular complexity index is 496. The van der Waals surface area contributed by atoms with Crippen molar-refractivity contribution in [2.24, 2.45) is 0 Å². The SMILES string of the molecule is CCOC(=O)CC=Cc1cc(OC)ccc1[N+](=O)[O-]. The van der Waals surface area contributed by atoms with Crippen molar-refractivity contribution in [2.45, 2.75) is 13.3 Å². The zero-order chi connectivity index (χ0) is 14.3. The fourth-order valence-corrected chi connectivity index (χ4v) is 1.46. The van der Waals surface area contributed by atoms with Crippen LogP contribution in [0.3, 0.4) is 0 Å². The third-order valence-corrected chi connectivity index (χ3v) is 2.32. The predicted octanol–water partition coefficient (Wildman–Crippen LogP) is 2.57. The van der Waals surface area contributed by atoms with E-state index in [0.717, 1.165) is 0 Å². The van der Waals surface area contributed by atoms with Crippen molar-refractivity contribution in [3.05, 3.63) is 40.0 Å². The molecule has 0 aliphatic heterocycles. The summed E-state index contributed by atoms with van der Waals surface area (Å²) in [4.78, 5) is 21.5. The van der Waals surface area contributed by atoms with E-state index >= 15 is 0 Å². The van der Waals surface area contributed by atoms with Crippen LogP contribution in [0.1, 0.15) is 18.9 Å². The Morgan fingerprint density at radius 2 is 2.21 bits per heavy atom. The molecule has 6 nitrogen and oxygen atoms in total. The van der Waals surface area contributed by atoms with Gasteiger partial charge in [0, 0.05) is 6.07 Å². The smallest absolute Gasteiger partial charge is 0.309 e. The highest BCUT2D eigenvalue weighted by Gasteiger charge is 2.12. The minimum absolute atomic E-state index is 0.0408. The van der Waals surface area contributed by atoms with Crippen molar-refractivity contribution in [3.8, 4) is 5.75 Å². The molecular formula is C13H15NO5. The molecule has 0 N–H and O–H groups in total. The minimum atomic E-state index is -0.483. The molecular weight excluding hydrogens is 250 g/mol. The van der Waals surface area contributed by atoms with Crippen molar-refractivity contribution in [1.29, 1.82) is 0 Å². The van der Waals surface area contributed by atoms with Gasteiger partial charge in [0.05, 0.1) is 30.6 Å². The summed E-state index contributed by atoms with van der Waals surface area (Å²) in [7, 11) is 1.48. The lowest BCUT2D eigenvalue weighted by Gasteiger charge is -2.02. The first-order valence-electron chi connectivity index (χ1n) is 5.73. The van der Waals surface area contributed by atoms with E-state index < -0.39 is 4.92 Å². The molecule has 0 aromatic heterocycles. The van der Waals surface area contributed by atoms with E-state index in [-0.39, 0.29) is 18.1 Å². The normalized spacial score (nSPS) is 10.4. The third-order valence-electron chi connectivity index (χ3n) is 2.32. The first kappa shape index (κ1) is 14.7. The molecule has 0 aliphatic carbocycles. The van der Waals surface area contributed by atoms with Gasteiger partial charge in [-0.3, -0.25) is 14.9 Å². The number of nitrogens with zero attached hydrogens (tertiary/aromatic N) is 1. The molecule has 1 aromatic carbocycles. The van der Waals surface area contributed by atoms with E-state index in [1.54, 1.807) is 13.0 Å². The van der Waals surface area contributed by atoms with Gasteiger partial charge in [0.1, 0.15) is 5.75 Å². The maximum atomic E-state index is 11.1. The number of carbonyl (C=O) groups excluding carboxylic acids is 1. The number of carbonyl (C=O) groups is 1. The lowest BCUT2D eigenvalue weighted by atomic mass is 10.1. The predicted molar refractivity (Wildman–Crippen MR) is 69.9 cm³/mol. The van der Waals surface area contributed by atoms with Gasteiger partial charge in [-0.15, -0.1) is 0 Å². The average Bonchev–Trinajstić information content (AvgIpc) is 2.38. The highest BCUT2D eigenvalue weighted by molar-refractivity contribution is 5.73. The molecule has 0 amide bonds. The second-order valence-electron chi connectivity index (χ2n) is 3.59. The van der Waals surface area contributed by atoms with Gasteiger partial charge in [0.15, 0.2) is 0 Å². The Hall–Kier alpha value is -2.37. The molecule has 0 saturated carbocycles. The van der Waals surface area contributed by atoms with Crippen molar-refractivity contribution in [3.63, 3.8) is 0 Å². The van der Waals surface area contributed by atoms with Gasteiger partial charge in [-0.25, -0.2) is 0 Å². The topological polar surface area (TPSA) is 78.7 Å². The zero-order valence-corrected chi connectivity index (χ0v) is 10.8. The van der Waals surface area contributed by atoms with Crippen LogP contribution in [0.2, 0.25) is 0 Å². The van der Waals surface area contributed by atoms with Crippen molar-refractivity contribution in [1.82, 2.24) is 0 Å². The van der Waals surface area contributed by atoms with E-state index in [0.29, 0.717) is 17.9 Å². The molecule has 0 saturated heterocycles. The summed E-state index contributed by atoms with van der Waals surface area (Å²) in [5, 5.41) is 10.9. The number of rotatable bonds is 6. The standard InChI is InChI=1S/C13H15NO5/c1-3-19-13(15)6-4-5-10-9-11(18-2)7-8-12(10)14(16)17/h4-5,7-9H,3,6H2,1-2H3. The maximum Gasteiger partial charge on any atom is 0.309 e. The summed E-state index contributed by atoms with van der Waals surface area (Å²) >= 11 is 0. The number of ether oxygens (including phenoxy) is 2. The highest BCUT2D eigenvalue weighted by Crippen LogP contribution is 2.25. The van der Waals surface area contributed by atoms with Gasteiger partial charge >= 0.3 is 5.97 Å². The van der Waals surface area contributed by atoms with Gasteiger partial charge in [-0.05, 0) is 19.1 Å². The van der Waals surface area contributed by atoms with Crippen LogP contribution in [0.25, 0.3) is 6.08 Å². The van der Waals surface area contributed by atoms with Gasteiger partial charge in [0.25, 0.3) is 5.69 Å². The Morgan fingerprint density at radius 1 is 1.47 bits per heavy atom. The Morgan fingerprint density at radius 3 is 2.79 bits per heavy atom. The second-order valence-corrected chi connectivity index (χ2v) is 3.59. The number of esters is 1. The van der Waals surface area contributed by atoms with Crippen LogP contribution >= 0.6 is 0 Å². The Labute approximate surface area is 110 Å². The van der Waals surface area contributed by atoms with Crippen LogP contribution < -0.4 is 4.74 Å². The summed E-state index contributed by atoms with van der Waals surface area (Å²) in [6.45, 7) is 2.03. The summed E-state index contributed by atoms with van der Waals surface area (Å²) in [6.07, 6.45) is 3.11. The molecule has 6 heteroatoms. The van der Waals surface area contributed by atoms with E-state index in [9.17, 15) is 14.9 Å². The Balaban J connectivity index is 2.88. The van der Waals surface area contributed by atoms with Crippen LogP contribution in [0.4, 0.5) is 5.69 Å². The number of nitro groups is 1. The summed E-state index contributed by atoms with van der Waals surface area (Å²) in [6, 6.07) is 4.42. The summed E-state index contributed by atoms with van der Waals surface area (Å²) in [5.74, 6) is 0.144. The van der Waals surface area contributed by atoms with E-state index in [2.05, 4.69) is 0 Å². The minimum Gasteiger partial charge on any atom is -0.497 e. The first-order chi connectivity index (χ1) is 9.08. The van der Waals surface area contributed by atoms with Crippen molar-refractivity contribution < 1.29 is 19.2 Å². The summed E-state index contributed by atoms with van der Waals surface area (Å²) in [5.41, 5.74) is 0.342. The molecule has 0 spiro atoms. The van der Waals surface area contributed by atoms with Gasteiger partial charge in [-0.2, -0.15) is 0 Å². The highest BCUT2D eigenvalue weighted by atomic mass is 16.6. The maximum absolute atomic E-state index is 11.1. The monoisotopic (exact) mass is 265 g/mol. The van der Waals surface area contributed by atoms with Crippen molar-refractivity contribution >= 4 is 17.7 Å². The molecule has 0 fully saturated rings. The molecule has 0 bridgehead atoms. The van der Waals surface area contributed by atoms with Crippen molar-refractivity contribution in [2.75, 3.05) is 13.7 Å². The second kappa shape index (κ2) is 7.15. The first-order valence-corrected chi connectivity index (χ1v) is 5.73. The van der Waals surface area contributed by atoms with Gasteiger partial charge in [-0.1, -0.05) is 12.2 Å². The molecule has 102 valence electrons. The van der Waals surface area contributed by atoms with Gasteiger partial charge in [0.2, 0.25) is 0 Å². The van der Waals surface area contributed by atoms with Crippen LogP contribution in [0.15, 0.2) is 24.3 Å². The van der Waals surface area contributed by atoms with Gasteiger partial charge < -0.3 is 9.47 Å². The third kappa shape index (κ3) is 4.42. The Kier molecular flexibility index (Phi) is 5.53. The molecule has 19 heavy (non-hydrogen) atoms. The number of methoxy groups -OCH3 is 1. The van der Waals surface area contributed by atoms with Crippen LogP contribution in [-0.4, -0.2) is 24.6 Å². The number of benzene rings is 1. The lowest BCUT2D eigenvalue weighted by Crippen LogP contribution is -2.01.